The molecule has 1 saturated heterocycles. The summed E-state index contributed by atoms with van der Waals surface area (Å²) in [5.74, 6) is -2.79. The van der Waals surface area contributed by atoms with E-state index in [9.17, 15) is 14.4 Å². The summed E-state index contributed by atoms with van der Waals surface area (Å²) in [7, 11) is 1.40. The van der Waals surface area contributed by atoms with Gasteiger partial charge in [0.05, 0.1) is 5.92 Å². The summed E-state index contributed by atoms with van der Waals surface area (Å²) in [4.78, 5) is 36.6. The first-order valence-corrected chi connectivity index (χ1v) is 6.59. The maximum atomic E-state index is 12.1. The van der Waals surface area contributed by atoms with Gasteiger partial charge in [-0.2, -0.15) is 0 Å². The van der Waals surface area contributed by atoms with E-state index in [0.29, 0.717) is 5.69 Å². The molecule has 0 aliphatic carbocycles. The predicted molar refractivity (Wildman–Crippen MR) is 73.2 cm³/mol. The highest BCUT2D eigenvalue weighted by molar-refractivity contribution is 9.10. The fourth-order valence-electron chi connectivity index (χ4n) is 2.10. The summed E-state index contributed by atoms with van der Waals surface area (Å²) >= 11 is 3.30. The van der Waals surface area contributed by atoms with Crippen LogP contribution >= 0.6 is 15.9 Å². The fraction of sp³-hybridized carbons (Fsp3) is 0.308. The second kappa shape index (κ2) is 5.13. The average molecular weight is 325 g/mol. The van der Waals surface area contributed by atoms with Crippen LogP contribution in [0.4, 0.5) is 5.69 Å². The highest BCUT2D eigenvalue weighted by Gasteiger charge is 2.47. The lowest BCUT2D eigenvalue weighted by molar-refractivity contribution is -0.138. The smallest absolute Gasteiger partial charge is 0.242 e. The minimum Gasteiger partial charge on any atom is -0.325 e. The van der Waals surface area contributed by atoms with E-state index in [-0.39, 0.29) is 5.91 Å². The van der Waals surface area contributed by atoms with Gasteiger partial charge in [0.25, 0.3) is 0 Å². The third kappa shape index (κ3) is 2.53. The normalized spacial score (nSPS) is 22.8. The maximum Gasteiger partial charge on any atom is 0.242 e. The van der Waals surface area contributed by atoms with Gasteiger partial charge in [0, 0.05) is 17.2 Å². The van der Waals surface area contributed by atoms with E-state index in [1.807, 2.05) is 6.07 Å². The fourth-order valence-corrected chi connectivity index (χ4v) is 2.50. The number of carbonyl (C=O) groups is 3. The summed E-state index contributed by atoms with van der Waals surface area (Å²) < 4.78 is 0.823. The van der Waals surface area contributed by atoms with Crippen LogP contribution in [0, 0.1) is 11.8 Å². The van der Waals surface area contributed by atoms with E-state index in [2.05, 4.69) is 21.2 Å². The number of carbonyl (C=O) groups excluding carboxylic acids is 3. The first-order chi connectivity index (χ1) is 8.91. The molecule has 5 nitrogen and oxygen atoms in total. The highest BCUT2D eigenvalue weighted by Crippen LogP contribution is 2.26. The van der Waals surface area contributed by atoms with Gasteiger partial charge in [-0.1, -0.05) is 28.9 Å². The third-order valence-electron chi connectivity index (χ3n) is 3.19. The molecule has 1 aliphatic rings. The highest BCUT2D eigenvalue weighted by atomic mass is 79.9. The van der Waals surface area contributed by atoms with Gasteiger partial charge in [-0.3, -0.25) is 19.3 Å². The van der Waals surface area contributed by atoms with E-state index in [1.165, 1.54) is 7.05 Å². The Morgan fingerprint density at radius 2 is 2.00 bits per heavy atom. The molecule has 0 saturated carbocycles. The second-order valence-corrected chi connectivity index (χ2v) is 5.42. The van der Waals surface area contributed by atoms with Crippen molar-refractivity contribution in [2.24, 2.45) is 11.8 Å². The van der Waals surface area contributed by atoms with Gasteiger partial charge in [-0.25, -0.2) is 0 Å². The van der Waals surface area contributed by atoms with E-state index in [4.69, 9.17) is 0 Å². The molecule has 2 atom stereocenters. The second-order valence-electron chi connectivity index (χ2n) is 4.50. The van der Waals surface area contributed by atoms with Crippen molar-refractivity contribution in [3.63, 3.8) is 0 Å². The number of amides is 3. The summed E-state index contributed by atoms with van der Waals surface area (Å²) in [5, 5.41) is 2.66. The molecule has 19 heavy (non-hydrogen) atoms. The molecule has 2 unspecified atom stereocenters. The molecule has 1 N–H and O–H groups in total. The monoisotopic (exact) mass is 324 g/mol. The van der Waals surface area contributed by atoms with Gasteiger partial charge in [-0.05, 0) is 18.2 Å². The molecular weight excluding hydrogens is 312 g/mol. The summed E-state index contributed by atoms with van der Waals surface area (Å²) in [6.45, 7) is 1.59. The van der Waals surface area contributed by atoms with Gasteiger partial charge in [-0.15, -0.1) is 0 Å². The van der Waals surface area contributed by atoms with Crippen molar-refractivity contribution < 1.29 is 14.4 Å². The van der Waals surface area contributed by atoms with E-state index < -0.39 is 23.7 Å². The lowest BCUT2D eigenvalue weighted by Crippen LogP contribution is -2.32. The molecule has 1 fully saturated rings. The van der Waals surface area contributed by atoms with Gasteiger partial charge in [0.2, 0.25) is 17.7 Å². The minimum atomic E-state index is -0.948. The van der Waals surface area contributed by atoms with Crippen LogP contribution in [0.3, 0.4) is 0 Å². The standard InChI is InChI=1S/C13H13BrN2O3/c1-7-10(13(19)16(2)12(7)18)11(17)15-9-5-3-4-8(14)6-9/h3-7,10H,1-2H3,(H,15,17). The van der Waals surface area contributed by atoms with Crippen molar-refractivity contribution in [3.05, 3.63) is 28.7 Å². The van der Waals surface area contributed by atoms with E-state index in [0.717, 1.165) is 9.37 Å². The first-order valence-electron chi connectivity index (χ1n) is 5.79. The van der Waals surface area contributed by atoms with Crippen molar-refractivity contribution in [3.8, 4) is 0 Å². The zero-order chi connectivity index (χ0) is 14.2. The van der Waals surface area contributed by atoms with Crippen molar-refractivity contribution in [2.75, 3.05) is 12.4 Å². The number of benzene rings is 1. The van der Waals surface area contributed by atoms with Crippen molar-refractivity contribution in [1.82, 2.24) is 4.90 Å². The van der Waals surface area contributed by atoms with Crippen LogP contribution in [0.1, 0.15) is 6.92 Å². The van der Waals surface area contributed by atoms with Crippen LogP contribution in [0.2, 0.25) is 0 Å². The van der Waals surface area contributed by atoms with Crippen LogP contribution in [0.15, 0.2) is 28.7 Å². The predicted octanol–water partition coefficient (Wildman–Crippen LogP) is 1.64. The zero-order valence-corrected chi connectivity index (χ0v) is 12.1. The number of imide groups is 1. The Balaban J connectivity index is 2.17. The van der Waals surface area contributed by atoms with Crippen LogP contribution < -0.4 is 5.32 Å². The van der Waals surface area contributed by atoms with Crippen molar-refractivity contribution in [1.29, 1.82) is 0 Å². The lowest BCUT2D eigenvalue weighted by Gasteiger charge is -2.12. The number of nitrogens with zero attached hydrogens (tertiary/aromatic N) is 1. The molecule has 0 bridgehead atoms. The number of anilines is 1. The molecule has 6 heteroatoms. The van der Waals surface area contributed by atoms with E-state index in [1.54, 1.807) is 25.1 Å². The van der Waals surface area contributed by atoms with E-state index >= 15 is 0 Å². The summed E-state index contributed by atoms with van der Waals surface area (Å²) in [6.07, 6.45) is 0. The molecule has 1 aromatic carbocycles. The molecule has 1 heterocycles. The SMILES string of the molecule is CC1C(=O)N(C)C(=O)C1C(=O)Nc1cccc(Br)c1. The Hall–Kier alpha value is -1.69. The minimum absolute atomic E-state index is 0.320. The molecule has 2 rings (SSSR count). The zero-order valence-electron chi connectivity index (χ0n) is 10.5. The quantitative estimate of drug-likeness (QED) is 0.664. The van der Waals surface area contributed by atoms with Crippen molar-refractivity contribution >= 4 is 39.3 Å². The van der Waals surface area contributed by atoms with Gasteiger partial charge < -0.3 is 5.32 Å². The van der Waals surface area contributed by atoms with Gasteiger partial charge in [0.1, 0.15) is 5.92 Å². The Bertz CT molecular complexity index is 559. The van der Waals surface area contributed by atoms with Crippen molar-refractivity contribution in [2.45, 2.75) is 6.92 Å². The maximum absolute atomic E-state index is 12.1. The molecule has 0 aromatic heterocycles. The molecule has 0 radical (unpaired) electrons. The molecule has 0 spiro atoms. The van der Waals surface area contributed by atoms with Crippen LogP contribution in [0.5, 0.6) is 0 Å². The number of likely N-dealkylation sites (tertiary alicyclic amines) is 1. The summed E-state index contributed by atoms with van der Waals surface area (Å²) in [5.41, 5.74) is 0.585. The van der Waals surface area contributed by atoms with Gasteiger partial charge >= 0.3 is 0 Å². The number of rotatable bonds is 2. The van der Waals surface area contributed by atoms with Gasteiger partial charge in [0.15, 0.2) is 0 Å². The van der Waals surface area contributed by atoms with Crippen LogP contribution in [-0.4, -0.2) is 29.7 Å². The van der Waals surface area contributed by atoms with Crippen LogP contribution in [0.25, 0.3) is 0 Å². The molecule has 3 amide bonds. The number of halogens is 1. The third-order valence-corrected chi connectivity index (χ3v) is 3.68. The topological polar surface area (TPSA) is 66.5 Å². The number of nitrogens with one attached hydrogen (secondary N) is 1. The molecule has 1 aromatic rings. The first kappa shape index (κ1) is 13.7. The number of hydrogen-bond donors (Lipinski definition) is 1. The Morgan fingerprint density at radius 3 is 2.53 bits per heavy atom. The number of hydrogen-bond acceptors (Lipinski definition) is 3. The lowest BCUT2D eigenvalue weighted by atomic mass is 9.96. The molecule has 1 aliphatic heterocycles. The van der Waals surface area contributed by atoms with Crippen LogP contribution in [-0.2, 0) is 14.4 Å². The largest absolute Gasteiger partial charge is 0.325 e. The Labute approximate surface area is 119 Å². The Kier molecular flexibility index (Phi) is 3.71. The molecule has 100 valence electrons. The average Bonchev–Trinajstić information content (AvgIpc) is 2.54. The summed E-state index contributed by atoms with van der Waals surface area (Å²) in [6, 6.07) is 7.05. The Morgan fingerprint density at radius 1 is 1.32 bits per heavy atom. The molecular formula is C13H13BrN2O3.